The summed E-state index contributed by atoms with van der Waals surface area (Å²) in [4.78, 5) is 24.1. The molecule has 1 aliphatic heterocycles. The predicted molar refractivity (Wildman–Crippen MR) is 124 cm³/mol. The van der Waals surface area contributed by atoms with E-state index in [0.717, 1.165) is 6.42 Å². The summed E-state index contributed by atoms with van der Waals surface area (Å²) in [5, 5.41) is 20.1. The minimum absolute atomic E-state index is 0.558. The van der Waals surface area contributed by atoms with Crippen LogP contribution in [0, 0.1) is 0 Å². The van der Waals surface area contributed by atoms with E-state index >= 15 is 0 Å². The lowest BCUT2D eigenvalue weighted by molar-refractivity contribution is -0.134. The number of hydrogen-bond acceptors (Lipinski definition) is 5. The molecule has 0 atom stereocenters. The van der Waals surface area contributed by atoms with Crippen LogP contribution in [0.5, 0.6) is 0 Å². The molecule has 1 fully saturated rings. The third-order valence-corrected chi connectivity index (χ3v) is 6.25. The van der Waals surface area contributed by atoms with Gasteiger partial charge in [0.2, 0.25) is 0 Å². The van der Waals surface area contributed by atoms with Crippen molar-refractivity contribution in [1.82, 2.24) is 9.80 Å². The number of allylic oxidation sites excluding steroid dienone is 1. The van der Waals surface area contributed by atoms with Crippen molar-refractivity contribution < 1.29 is 19.8 Å². The van der Waals surface area contributed by atoms with E-state index in [1.54, 1.807) is 16.9 Å². The number of carboxylic acid groups (broad SMARTS) is 2. The number of carboxylic acids is 2. The molecule has 31 heavy (non-hydrogen) atoms. The second-order valence-electron chi connectivity index (χ2n) is 7.68. The molecule has 0 amide bonds. The summed E-state index contributed by atoms with van der Waals surface area (Å²) in [5.41, 5.74) is 7.37. The fraction of sp³-hybridized carbons (Fsp3) is 0.333. The Morgan fingerprint density at radius 2 is 1.71 bits per heavy atom. The van der Waals surface area contributed by atoms with Crippen molar-refractivity contribution in [2.45, 2.75) is 12.8 Å². The first kappa shape index (κ1) is 22.9. The van der Waals surface area contributed by atoms with Crippen molar-refractivity contribution in [3.05, 3.63) is 64.4 Å². The van der Waals surface area contributed by atoms with E-state index in [2.05, 4.69) is 57.9 Å². The Bertz CT molecular complexity index is 942. The minimum atomic E-state index is -1.26. The van der Waals surface area contributed by atoms with Gasteiger partial charge in [0.05, 0.1) is 0 Å². The largest absolute Gasteiger partial charge is 0.478 e. The summed E-state index contributed by atoms with van der Waals surface area (Å²) >= 11 is 1.78. The van der Waals surface area contributed by atoms with Gasteiger partial charge in [-0.2, -0.15) is 11.3 Å². The van der Waals surface area contributed by atoms with Gasteiger partial charge in [0, 0.05) is 44.9 Å². The number of hydrogen-bond donors (Lipinski definition) is 2. The number of likely N-dealkylation sites (N-methyl/N-ethyl adjacent to an activating group) is 1. The maximum Gasteiger partial charge on any atom is 0.328 e. The van der Waals surface area contributed by atoms with Crippen LogP contribution in [-0.4, -0.2) is 71.7 Å². The van der Waals surface area contributed by atoms with Crippen molar-refractivity contribution in [3.8, 4) is 11.1 Å². The van der Waals surface area contributed by atoms with Gasteiger partial charge in [-0.25, -0.2) is 9.59 Å². The minimum Gasteiger partial charge on any atom is -0.478 e. The first-order chi connectivity index (χ1) is 14.9. The third-order valence-electron chi connectivity index (χ3n) is 5.57. The molecule has 1 aromatic carbocycles. The lowest BCUT2D eigenvalue weighted by atomic mass is 9.96. The van der Waals surface area contributed by atoms with E-state index in [-0.39, 0.29) is 0 Å². The molecular formula is C24H28N2O4S. The molecule has 0 bridgehead atoms. The number of carbonyl (C=O) groups is 2. The van der Waals surface area contributed by atoms with Crippen LogP contribution < -0.4 is 0 Å². The Morgan fingerprint density at radius 1 is 1.03 bits per heavy atom. The van der Waals surface area contributed by atoms with Gasteiger partial charge >= 0.3 is 11.9 Å². The molecular weight excluding hydrogens is 412 g/mol. The molecule has 1 saturated heterocycles. The predicted octanol–water partition coefficient (Wildman–Crippen LogP) is 3.70. The molecule has 2 aromatic rings. The van der Waals surface area contributed by atoms with E-state index < -0.39 is 11.9 Å². The zero-order valence-electron chi connectivity index (χ0n) is 17.7. The highest BCUT2D eigenvalue weighted by atomic mass is 32.1. The zero-order valence-corrected chi connectivity index (χ0v) is 18.5. The molecule has 0 radical (unpaired) electrons. The number of thiophene rings is 1. The number of fused-ring (bicyclic) bond motifs is 1. The fourth-order valence-electron chi connectivity index (χ4n) is 3.86. The van der Waals surface area contributed by atoms with Gasteiger partial charge in [-0.3, -0.25) is 0 Å². The van der Waals surface area contributed by atoms with Gasteiger partial charge in [0.25, 0.3) is 0 Å². The molecule has 1 aliphatic carbocycles. The Kier molecular flexibility index (Phi) is 8.17. The SMILES string of the molecule is CN1CCN(CCC2=CCc3c2cccc3-c2ccsc2)CC1.O=C(O)C=CC(=O)O. The molecule has 6 nitrogen and oxygen atoms in total. The Balaban J connectivity index is 0.000000293. The number of piperazine rings is 1. The zero-order chi connectivity index (χ0) is 22.2. The van der Waals surface area contributed by atoms with Crippen molar-refractivity contribution >= 4 is 28.8 Å². The first-order valence-corrected chi connectivity index (χ1v) is 11.3. The summed E-state index contributed by atoms with van der Waals surface area (Å²) in [6.07, 6.45) is 5.85. The molecule has 7 heteroatoms. The van der Waals surface area contributed by atoms with Crippen LogP contribution >= 0.6 is 11.3 Å². The second-order valence-corrected chi connectivity index (χ2v) is 8.46. The summed E-state index contributed by atoms with van der Waals surface area (Å²) in [5.74, 6) is -2.51. The van der Waals surface area contributed by atoms with Gasteiger partial charge in [0.15, 0.2) is 0 Å². The number of rotatable bonds is 6. The van der Waals surface area contributed by atoms with Crippen molar-refractivity contribution in [3.63, 3.8) is 0 Å². The third kappa shape index (κ3) is 6.62. The molecule has 1 aromatic heterocycles. The van der Waals surface area contributed by atoms with E-state index in [1.807, 2.05) is 0 Å². The fourth-order valence-corrected chi connectivity index (χ4v) is 4.52. The highest BCUT2D eigenvalue weighted by Crippen LogP contribution is 2.37. The van der Waals surface area contributed by atoms with Crippen LogP contribution in [0.1, 0.15) is 17.5 Å². The normalized spacial score (nSPS) is 16.5. The number of benzene rings is 1. The second kappa shape index (κ2) is 11.0. The van der Waals surface area contributed by atoms with Crippen molar-refractivity contribution in [1.29, 1.82) is 0 Å². The molecule has 0 unspecified atom stereocenters. The number of aliphatic carboxylic acids is 2. The standard InChI is InChI=1S/C20H24N2S.C4H4O4/c1-21-10-12-22(13-11-21)9-7-16-5-6-20-18(16)3-2-4-19(20)17-8-14-23-15-17;5-3(6)1-2-4(7)8/h2-5,8,14-15H,6-7,9-13H2,1H3;1-2H,(H,5,6)(H,7,8). The van der Waals surface area contributed by atoms with Crippen LogP contribution in [0.15, 0.2) is 53.3 Å². The smallest absolute Gasteiger partial charge is 0.328 e. The van der Waals surface area contributed by atoms with Gasteiger partial charge < -0.3 is 20.0 Å². The van der Waals surface area contributed by atoms with Gasteiger partial charge in [0.1, 0.15) is 0 Å². The van der Waals surface area contributed by atoms with Crippen LogP contribution in [0.3, 0.4) is 0 Å². The Hall–Kier alpha value is -2.74. The van der Waals surface area contributed by atoms with Crippen LogP contribution in [-0.2, 0) is 16.0 Å². The highest BCUT2D eigenvalue weighted by molar-refractivity contribution is 7.08. The molecule has 0 spiro atoms. The molecule has 164 valence electrons. The molecule has 2 N–H and O–H groups in total. The quantitative estimate of drug-likeness (QED) is 0.667. The van der Waals surface area contributed by atoms with Gasteiger partial charge in [-0.05, 0) is 64.5 Å². The molecule has 0 saturated carbocycles. The number of nitrogens with zero attached hydrogens (tertiary/aromatic N) is 2. The average molecular weight is 441 g/mol. The molecule has 2 heterocycles. The van der Waals surface area contributed by atoms with E-state index in [0.29, 0.717) is 12.2 Å². The topological polar surface area (TPSA) is 81.1 Å². The monoisotopic (exact) mass is 440 g/mol. The van der Waals surface area contributed by atoms with Gasteiger partial charge in [-0.1, -0.05) is 24.3 Å². The lowest BCUT2D eigenvalue weighted by Gasteiger charge is -2.32. The summed E-state index contributed by atoms with van der Waals surface area (Å²) in [6, 6.07) is 9.05. The first-order valence-electron chi connectivity index (χ1n) is 10.3. The molecule has 4 rings (SSSR count). The summed E-state index contributed by atoms with van der Waals surface area (Å²) < 4.78 is 0. The highest BCUT2D eigenvalue weighted by Gasteiger charge is 2.19. The van der Waals surface area contributed by atoms with E-state index in [9.17, 15) is 9.59 Å². The summed E-state index contributed by atoms with van der Waals surface area (Å²) in [6.45, 7) is 6.04. The van der Waals surface area contributed by atoms with Crippen LogP contribution in [0.4, 0.5) is 0 Å². The maximum atomic E-state index is 9.55. The van der Waals surface area contributed by atoms with Crippen molar-refractivity contribution in [2.24, 2.45) is 0 Å². The lowest BCUT2D eigenvalue weighted by Crippen LogP contribution is -2.44. The Morgan fingerprint density at radius 3 is 2.32 bits per heavy atom. The molecule has 2 aliphatic rings. The summed E-state index contributed by atoms with van der Waals surface area (Å²) in [7, 11) is 2.22. The van der Waals surface area contributed by atoms with E-state index in [4.69, 9.17) is 10.2 Å². The van der Waals surface area contributed by atoms with Gasteiger partial charge in [-0.15, -0.1) is 0 Å². The average Bonchev–Trinajstić information content (AvgIpc) is 3.42. The van der Waals surface area contributed by atoms with Crippen molar-refractivity contribution in [2.75, 3.05) is 39.8 Å². The Labute approximate surface area is 186 Å². The van der Waals surface area contributed by atoms with E-state index in [1.165, 1.54) is 61.4 Å². The van der Waals surface area contributed by atoms with Crippen LogP contribution in [0.2, 0.25) is 0 Å². The van der Waals surface area contributed by atoms with Crippen LogP contribution in [0.25, 0.3) is 16.7 Å². The maximum absolute atomic E-state index is 9.55.